The molecule has 4 aliphatic rings. The standard InChI is InChI=1S/C26H34FNO4/c1-15-7-16-9-17(8-15)13-25(2,12-16)14-32-22-11-21(27)20(10-19(22)18-3-4-18)23(29)28-26(5-6-26)24(30)31/h10-11,15-18H,3-9,12-14H2,1-2H3,(H,28,29)(H,30,31). The molecule has 0 aliphatic heterocycles. The van der Waals surface area contributed by atoms with Gasteiger partial charge in [-0.05, 0) is 93.1 Å². The third-order valence-electron chi connectivity index (χ3n) is 8.15. The minimum absolute atomic E-state index is 0.0841. The molecule has 2 atom stereocenters. The van der Waals surface area contributed by atoms with Gasteiger partial charge in [-0.3, -0.25) is 4.79 Å². The summed E-state index contributed by atoms with van der Waals surface area (Å²) in [6.45, 7) is 5.24. The average molecular weight is 444 g/mol. The second-order valence-electron chi connectivity index (χ2n) is 11.5. The highest BCUT2D eigenvalue weighted by Gasteiger charge is 2.52. The number of rotatable bonds is 7. The molecule has 1 aromatic carbocycles. The maximum atomic E-state index is 15.0. The first kappa shape index (κ1) is 21.7. The molecule has 0 saturated heterocycles. The van der Waals surface area contributed by atoms with Crippen molar-refractivity contribution in [2.45, 2.75) is 83.1 Å². The van der Waals surface area contributed by atoms with Crippen molar-refractivity contribution in [1.29, 1.82) is 0 Å². The lowest BCUT2D eigenvalue weighted by Gasteiger charge is -2.47. The third-order valence-corrected chi connectivity index (χ3v) is 8.15. The summed E-state index contributed by atoms with van der Waals surface area (Å²) >= 11 is 0. The maximum Gasteiger partial charge on any atom is 0.329 e. The van der Waals surface area contributed by atoms with Crippen molar-refractivity contribution in [2.75, 3.05) is 6.61 Å². The van der Waals surface area contributed by atoms with E-state index < -0.39 is 23.2 Å². The number of carbonyl (C=O) groups excluding carboxylic acids is 1. The zero-order chi connectivity index (χ0) is 22.7. The minimum Gasteiger partial charge on any atom is -0.493 e. The lowest BCUT2D eigenvalue weighted by molar-refractivity contribution is -0.140. The number of amides is 1. The van der Waals surface area contributed by atoms with Crippen molar-refractivity contribution in [3.8, 4) is 5.75 Å². The van der Waals surface area contributed by atoms with E-state index in [1.165, 1.54) is 25.3 Å². The van der Waals surface area contributed by atoms with Gasteiger partial charge in [0.1, 0.15) is 17.1 Å². The lowest BCUT2D eigenvalue weighted by Crippen LogP contribution is -2.43. The van der Waals surface area contributed by atoms with Gasteiger partial charge in [0.2, 0.25) is 0 Å². The van der Waals surface area contributed by atoms with Crippen LogP contribution in [0.5, 0.6) is 5.75 Å². The Morgan fingerprint density at radius 2 is 1.81 bits per heavy atom. The summed E-state index contributed by atoms with van der Waals surface area (Å²) in [6, 6.07) is 2.94. The van der Waals surface area contributed by atoms with Gasteiger partial charge in [-0.2, -0.15) is 0 Å². The lowest BCUT2D eigenvalue weighted by atomic mass is 9.60. The predicted molar refractivity (Wildman–Crippen MR) is 118 cm³/mol. The summed E-state index contributed by atoms with van der Waals surface area (Å²) in [5.74, 6) is 0.807. The van der Waals surface area contributed by atoms with Gasteiger partial charge in [0.05, 0.1) is 12.2 Å². The molecule has 32 heavy (non-hydrogen) atoms. The number of hydrogen-bond donors (Lipinski definition) is 2. The van der Waals surface area contributed by atoms with Crippen molar-refractivity contribution >= 4 is 11.9 Å². The first-order valence-electron chi connectivity index (χ1n) is 12.2. The molecule has 6 heteroatoms. The fourth-order valence-electron chi connectivity index (χ4n) is 6.46. The molecular formula is C26H34FNO4. The van der Waals surface area contributed by atoms with Gasteiger partial charge in [-0.15, -0.1) is 0 Å². The minimum atomic E-state index is -1.23. The number of nitrogens with one attached hydrogen (secondary N) is 1. The highest BCUT2D eigenvalue weighted by molar-refractivity contribution is 5.99. The van der Waals surface area contributed by atoms with Crippen molar-refractivity contribution in [3.05, 3.63) is 29.1 Å². The summed E-state index contributed by atoms with van der Waals surface area (Å²) in [6.07, 6.45) is 9.02. The Labute approximate surface area is 189 Å². The molecular weight excluding hydrogens is 409 g/mol. The number of carboxylic acid groups (broad SMARTS) is 1. The molecule has 0 spiro atoms. The van der Waals surface area contributed by atoms with Crippen LogP contribution in [0, 0.1) is 29.0 Å². The van der Waals surface area contributed by atoms with E-state index in [0.717, 1.165) is 49.0 Å². The van der Waals surface area contributed by atoms with Crippen LogP contribution in [0.2, 0.25) is 0 Å². The van der Waals surface area contributed by atoms with Gasteiger partial charge in [0, 0.05) is 11.5 Å². The zero-order valence-corrected chi connectivity index (χ0v) is 19.1. The van der Waals surface area contributed by atoms with E-state index in [-0.39, 0.29) is 16.9 Å². The molecule has 174 valence electrons. The molecule has 2 unspecified atom stereocenters. The van der Waals surface area contributed by atoms with Crippen LogP contribution in [-0.4, -0.2) is 29.1 Å². The zero-order valence-electron chi connectivity index (χ0n) is 19.1. The molecule has 5 nitrogen and oxygen atoms in total. The first-order valence-corrected chi connectivity index (χ1v) is 12.2. The molecule has 1 amide bonds. The van der Waals surface area contributed by atoms with Crippen LogP contribution in [0.3, 0.4) is 0 Å². The second kappa shape index (κ2) is 7.74. The summed E-state index contributed by atoms with van der Waals surface area (Å²) in [7, 11) is 0. The molecule has 4 fully saturated rings. The first-order chi connectivity index (χ1) is 15.2. The number of carbonyl (C=O) groups is 2. The monoisotopic (exact) mass is 443 g/mol. The molecule has 1 aromatic rings. The van der Waals surface area contributed by atoms with Gasteiger partial charge in [0.15, 0.2) is 0 Å². The molecule has 2 N–H and O–H groups in total. The van der Waals surface area contributed by atoms with E-state index in [1.807, 2.05) is 0 Å². The van der Waals surface area contributed by atoms with E-state index in [4.69, 9.17) is 4.74 Å². The molecule has 4 aliphatic carbocycles. The van der Waals surface area contributed by atoms with Gasteiger partial charge >= 0.3 is 5.97 Å². The Morgan fingerprint density at radius 3 is 2.38 bits per heavy atom. The largest absolute Gasteiger partial charge is 0.493 e. The molecule has 0 heterocycles. The molecule has 5 rings (SSSR count). The Kier molecular flexibility index (Phi) is 5.25. The van der Waals surface area contributed by atoms with Crippen LogP contribution in [0.1, 0.15) is 93.5 Å². The van der Waals surface area contributed by atoms with Crippen LogP contribution in [0.4, 0.5) is 4.39 Å². The van der Waals surface area contributed by atoms with E-state index in [0.29, 0.717) is 25.2 Å². The number of halogens is 1. The normalized spacial score (nSPS) is 32.8. The van der Waals surface area contributed by atoms with Gasteiger partial charge in [-0.25, -0.2) is 9.18 Å². The number of ether oxygens (including phenoxy) is 1. The summed E-state index contributed by atoms with van der Waals surface area (Å²) in [5.41, 5.74) is -0.339. The highest BCUT2D eigenvalue weighted by atomic mass is 19.1. The van der Waals surface area contributed by atoms with Crippen LogP contribution in [0.15, 0.2) is 12.1 Å². The fourth-order valence-corrected chi connectivity index (χ4v) is 6.46. The van der Waals surface area contributed by atoms with Crippen LogP contribution in [0.25, 0.3) is 0 Å². The summed E-state index contributed by atoms with van der Waals surface area (Å²) < 4.78 is 21.2. The second-order valence-corrected chi connectivity index (χ2v) is 11.5. The maximum absolute atomic E-state index is 15.0. The van der Waals surface area contributed by atoms with E-state index >= 15 is 0 Å². The van der Waals surface area contributed by atoms with E-state index in [9.17, 15) is 19.1 Å². The average Bonchev–Trinajstić information content (AvgIpc) is 3.60. The van der Waals surface area contributed by atoms with Crippen molar-refractivity contribution in [3.63, 3.8) is 0 Å². The smallest absolute Gasteiger partial charge is 0.329 e. The van der Waals surface area contributed by atoms with Crippen LogP contribution < -0.4 is 10.1 Å². The van der Waals surface area contributed by atoms with E-state index in [2.05, 4.69) is 19.2 Å². The molecule has 2 bridgehead atoms. The predicted octanol–water partition coefficient (Wildman–Crippen LogP) is 5.28. The highest BCUT2D eigenvalue weighted by Crippen LogP contribution is 2.51. The van der Waals surface area contributed by atoms with Crippen molar-refractivity contribution in [2.24, 2.45) is 23.2 Å². The third kappa shape index (κ3) is 4.25. The van der Waals surface area contributed by atoms with Gasteiger partial charge in [-0.1, -0.05) is 13.8 Å². The number of hydrogen-bond acceptors (Lipinski definition) is 3. The van der Waals surface area contributed by atoms with Gasteiger partial charge < -0.3 is 15.2 Å². The number of benzene rings is 1. The summed E-state index contributed by atoms with van der Waals surface area (Å²) in [5, 5.41) is 11.9. The Balaban J connectivity index is 1.32. The number of fused-ring (bicyclic) bond motifs is 2. The Hall–Kier alpha value is -2.11. The number of aliphatic carboxylic acids is 1. The molecule has 0 aromatic heterocycles. The SMILES string of the molecule is CC1CC2CC(C1)CC(C)(COc1cc(F)c(C(=O)NC3(C(=O)O)CC3)cc1C1CC1)C2. The molecule has 4 saturated carbocycles. The van der Waals surface area contributed by atoms with Gasteiger partial charge in [0.25, 0.3) is 5.91 Å². The Morgan fingerprint density at radius 1 is 1.16 bits per heavy atom. The van der Waals surface area contributed by atoms with Crippen molar-refractivity contribution < 1.29 is 23.8 Å². The molecule has 0 radical (unpaired) electrons. The quantitative estimate of drug-likeness (QED) is 0.601. The van der Waals surface area contributed by atoms with Crippen LogP contribution >= 0.6 is 0 Å². The Bertz CT molecular complexity index is 918. The topological polar surface area (TPSA) is 75.6 Å². The van der Waals surface area contributed by atoms with E-state index in [1.54, 1.807) is 6.07 Å². The van der Waals surface area contributed by atoms with Crippen LogP contribution in [-0.2, 0) is 4.79 Å². The fraction of sp³-hybridized carbons (Fsp3) is 0.692. The summed E-state index contributed by atoms with van der Waals surface area (Å²) in [4.78, 5) is 24.1. The number of carboxylic acids is 1. The van der Waals surface area contributed by atoms with Crippen molar-refractivity contribution in [1.82, 2.24) is 5.32 Å².